The van der Waals surface area contributed by atoms with Crippen molar-refractivity contribution in [3.05, 3.63) is 35.9 Å². The predicted molar refractivity (Wildman–Crippen MR) is 99.2 cm³/mol. The van der Waals surface area contributed by atoms with Gasteiger partial charge in [-0.3, -0.25) is 9.69 Å². The van der Waals surface area contributed by atoms with Gasteiger partial charge in [0.25, 0.3) is 0 Å². The van der Waals surface area contributed by atoms with Crippen LogP contribution in [0.2, 0.25) is 0 Å². The number of amides is 1. The standard InChI is InChI=1S/C20H31N3O2/c1-15-11-23(13-17-6-4-3-5-7-17)12-16(2)20(15)22-19(24)10-18-14-25-9-8-21-18/h3-7,15-16,18,20-21H,8-14H2,1-2H3,(H,22,24). The van der Waals surface area contributed by atoms with Crippen molar-refractivity contribution in [1.82, 2.24) is 15.5 Å². The van der Waals surface area contributed by atoms with Gasteiger partial charge in [0, 0.05) is 44.7 Å². The Labute approximate surface area is 151 Å². The van der Waals surface area contributed by atoms with Gasteiger partial charge in [-0.2, -0.15) is 0 Å². The number of piperidine rings is 1. The summed E-state index contributed by atoms with van der Waals surface area (Å²) in [5.74, 6) is 1.04. The second-order valence-electron chi connectivity index (χ2n) is 7.66. The maximum atomic E-state index is 12.4. The second-order valence-corrected chi connectivity index (χ2v) is 7.66. The summed E-state index contributed by atoms with van der Waals surface area (Å²) in [7, 11) is 0. The summed E-state index contributed by atoms with van der Waals surface area (Å²) in [5.41, 5.74) is 1.35. The van der Waals surface area contributed by atoms with E-state index in [1.807, 2.05) is 0 Å². The Morgan fingerprint density at radius 1 is 1.24 bits per heavy atom. The lowest BCUT2D eigenvalue weighted by Crippen LogP contribution is -2.55. The lowest BCUT2D eigenvalue weighted by molar-refractivity contribution is -0.124. The zero-order valence-corrected chi connectivity index (χ0v) is 15.4. The molecular formula is C20H31N3O2. The molecule has 0 saturated carbocycles. The highest BCUT2D eigenvalue weighted by Gasteiger charge is 2.33. The average molecular weight is 345 g/mol. The molecule has 0 spiro atoms. The maximum Gasteiger partial charge on any atom is 0.221 e. The predicted octanol–water partition coefficient (Wildman–Crippen LogP) is 1.64. The molecule has 138 valence electrons. The molecule has 3 atom stereocenters. The highest BCUT2D eigenvalue weighted by molar-refractivity contribution is 5.77. The van der Waals surface area contributed by atoms with Crippen LogP contribution in [0.5, 0.6) is 0 Å². The highest BCUT2D eigenvalue weighted by Crippen LogP contribution is 2.23. The van der Waals surface area contributed by atoms with Gasteiger partial charge in [0.2, 0.25) is 5.91 Å². The molecule has 5 nitrogen and oxygen atoms in total. The van der Waals surface area contributed by atoms with Gasteiger partial charge in [-0.15, -0.1) is 0 Å². The molecule has 0 radical (unpaired) electrons. The third-order valence-electron chi connectivity index (χ3n) is 5.33. The maximum absolute atomic E-state index is 12.4. The van der Waals surface area contributed by atoms with Gasteiger partial charge in [-0.25, -0.2) is 0 Å². The molecule has 2 aliphatic rings. The van der Waals surface area contributed by atoms with Crippen LogP contribution < -0.4 is 10.6 Å². The number of hydrogen-bond acceptors (Lipinski definition) is 4. The Kier molecular flexibility index (Phi) is 6.45. The van der Waals surface area contributed by atoms with Crippen molar-refractivity contribution in [3.8, 4) is 0 Å². The van der Waals surface area contributed by atoms with E-state index in [9.17, 15) is 4.79 Å². The van der Waals surface area contributed by atoms with Gasteiger partial charge >= 0.3 is 0 Å². The molecule has 2 fully saturated rings. The minimum Gasteiger partial charge on any atom is -0.378 e. The number of hydrogen-bond donors (Lipinski definition) is 2. The van der Waals surface area contributed by atoms with Gasteiger partial charge in [0.05, 0.1) is 13.2 Å². The fraction of sp³-hybridized carbons (Fsp3) is 0.650. The van der Waals surface area contributed by atoms with Gasteiger partial charge in [-0.05, 0) is 17.4 Å². The number of morpholine rings is 1. The van der Waals surface area contributed by atoms with Crippen molar-refractivity contribution in [2.45, 2.75) is 38.9 Å². The molecule has 0 aliphatic carbocycles. The van der Waals surface area contributed by atoms with E-state index < -0.39 is 0 Å². The normalized spacial score (nSPS) is 30.8. The molecule has 3 rings (SSSR count). The van der Waals surface area contributed by atoms with Crippen molar-refractivity contribution < 1.29 is 9.53 Å². The van der Waals surface area contributed by atoms with E-state index >= 15 is 0 Å². The molecule has 1 aromatic carbocycles. The number of nitrogens with zero attached hydrogens (tertiary/aromatic N) is 1. The zero-order valence-electron chi connectivity index (χ0n) is 15.4. The first kappa shape index (κ1) is 18.4. The van der Waals surface area contributed by atoms with Crippen molar-refractivity contribution in [2.24, 2.45) is 11.8 Å². The number of carbonyl (C=O) groups is 1. The summed E-state index contributed by atoms with van der Waals surface area (Å²) in [4.78, 5) is 14.9. The number of likely N-dealkylation sites (tertiary alicyclic amines) is 1. The number of rotatable bonds is 5. The van der Waals surface area contributed by atoms with Gasteiger partial charge in [0.15, 0.2) is 0 Å². The Morgan fingerprint density at radius 2 is 1.96 bits per heavy atom. The molecule has 1 amide bonds. The van der Waals surface area contributed by atoms with E-state index in [1.54, 1.807) is 0 Å². The fourth-order valence-electron chi connectivity index (χ4n) is 4.15. The van der Waals surface area contributed by atoms with Crippen LogP contribution in [0.15, 0.2) is 30.3 Å². The van der Waals surface area contributed by atoms with Crippen LogP contribution in [-0.2, 0) is 16.1 Å². The SMILES string of the molecule is CC1CN(Cc2ccccc2)CC(C)C1NC(=O)CC1COCCN1. The average Bonchev–Trinajstić information content (AvgIpc) is 2.60. The van der Waals surface area contributed by atoms with Crippen molar-refractivity contribution >= 4 is 5.91 Å². The number of benzene rings is 1. The number of carbonyl (C=O) groups excluding carboxylic acids is 1. The molecule has 1 aromatic rings. The summed E-state index contributed by atoms with van der Waals surface area (Å²) in [6.07, 6.45) is 0.504. The monoisotopic (exact) mass is 345 g/mol. The van der Waals surface area contributed by atoms with Crippen molar-refractivity contribution in [3.63, 3.8) is 0 Å². The van der Waals surface area contributed by atoms with Crippen LogP contribution in [0.1, 0.15) is 25.8 Å². The molecule has 2 heterocycles. The third kappa shape index (κ3) is 5.27. The Morgan fingerprint density at radius 3 is 2.60 bits per heavy atom. The fourth-order valence-corrected chi connectivity index (χ4v) is 4.15. The highest BCUT2D eigenvalue weighted by atomic mass is 16.5. The van der Waals surface area contributed by atoms with Crippen LogP contribution in [0.4, 0.5) is 0 Å². The molecule has 2 N–H and O–H groups in total. The Bertz CT molecular complexity index is 533. The quantitative estimate of drug-likeness (QED) is 0.852. The molecule has 3 unspecified atom stereocenters. The molecule has 2 aliphatic heterocycles. The van der Waals surface area contributed by atoms with E-state index in [2.05, 4.69) is 59.7 Å². The van der Waals surface area contributed by atoms with Crippen LogP contribution in [-0.4, -0.2) is 55.7 Å². The summed E-state index contributed by atoms with van der Waals surface area (Å²) in [6.45, 7) is 9.74. The summed E-state index contributed by atoms with van der Waals surface area (Å²) >= 11 is 0. The minimum absolute atomic E-state index is 0.142. The van der Waals surface area contributed by atoms with Gasteiger partial charge in [-0.1, -0.05) is 44.2 Å². The van der Waals surface area contributed by atoms with Crippen LogP contribution in [0.3, 0.4) is 0 Å². The molecule has 0 aromatic heterocycles. The molecule has 25 heavy (non-hydrogen) atoms. The lowest BCUT2D eigenvalue weighted by Gasteiger charge is -2.42. The summed E-state index contributed by atoms with van der Waals surface area (Å²) in [6, 6.07) is 11.0. The topological polar surface area (TPSA) is 53.6 Å². The van der Waals surface area contributed by atoms with E-state index in [0.717, 1.165) is 32.8 Å². The molecule has 2 saturated heterocycles. The summed E-state index contributed by atoms with van der Waals surface area (Å²) in [5, 5.41) is 6.64. The van der Waals surface area contributed by atoms with Crippen LogP contribution in [0, 0.1) is 11.8 Å². The van der Waals surface area contributed by atoms with E-state index in [1.165, 1.54) is 5.56 Å². The zero-order chi connectivity index (χ0) is 17.6. The van der Waals surface area contributed by atoms with Gasteiger partial charge in [0.1, 0.15) is 0 Å². The van der Waals surface area contributed by atoms with Crippen LogP contribution in [0.25, 0.3) is 0 Å². The Balaban J connectivity index is 1.49. The Hall–Kier alpha value is -1.43. The lowest BCUT2D eigenvalue weighted by atomic mass is 9.85. The molecular weight excluding hydrogens is 314 g/mol. The second kappa shape index (κ2) is 8.79. The van der Waals surface area contributed by atoms with Gasteiger partial charge < -0.3 is 15.4 Å². The first-order valence-corrected chi connectivity index (χ1v) is 9.48. The summed E-state index contributed by atoms with van der Waals surface area (Å²) < 4.78 is 5.44. The van der Waals surface area contributed by atoms with E-state index in [4.69, 9.17) is 4.74 Å². The first-order valence-electron chi connectivity index (χ1n) is 9.48. The molecule has 5 heteroatoms. The third-order valence-corrected chi connectivity index (χ3v) is 5.33. The van der Waals surface area contributed by atoms with Crippen molar-refractivity contribution in [1.29, 1.82) is 0 Å². The van der Waals surface area contributed by atoms with E-state index in [0.29, 0.717) is 24.9 Å². The minimum atomic E-state index is 0.142. The van der Waals surface area contributed by atoms with Crippen molar-refractivity contribution in [2.75, 3.05) is 32.8 Å². The molecule has 0 bridgehead atoms. The van der Waals surface area contributed by atoms with Crippen LogP contribution >= 0.6 is 0 Å². The largest absolute Gasteiger partial charge is 0.378 e. The smallest absolute Gasteiger partial charge is 0.221 e. The number of nitrogens with one attached hydrogen (secondary N) is 2. The number of ether oxygens (including phenoxy) is 1. The first-order chi connectivity index (χ1) is 12.1. The van der Waals surface area contributed by atoms with E-state index in [-0.39, 0.29) is 18.0 Å².